The van der Waals surface area contributed by atoms with Crippen LogP contribution >= 0.6 is 15.9 Å². The van der Waals surface area contributed by atoms with Gasteiger partial charge in [-0.25, -0.2) is 9.37 Å². The van der Waals surface area contributed by atoms with Crippen molar-refractivity contribution in [3.05, 3.63) is 50.7 Å². The highest BCUT2D eigenvalue weighted by atomic mass is 79.9. The minimum Gasteiger partial charge on any atom is -0.437 e. The summed E-state index contributed by atoms with van der Waals surface area (Å²) in [4.78, 5) is 17.4. The Morgan fingerprint density at radius 1 is 1.50 bits per heavy atom. The molecule has 0 unspecified atom stereocenters. The zero-order chi connectivity index (χ0) is 13.1. The quantitative estimate of drug-likeness (QED) is 0.923. The van der Waals surface area contributed by atoms with Crippen molar-refractivity contribution >= 4 is 15.9 Å². The van der Waals surface area contributed by atoms with E-state index >= 15 is 0 Å². The van der Waals surface area contributed by atoms with Crippen LogP contribution in [0.3, 0.4) is 0 Å². The molecule has 0 amide bonds. The molecule has 0 saturated carbocycles. The number of nitrogens with zero attached hydrogens (tertiary/aromatic N) is 2. The Morgan fingerprint density at radius 3 is 2.94 bits per heavy atom. The van der Waals surface area contributed by atoms with Crippen molar-refractivity contribution in [3.8, 4) is 17.7 Å². The van der Waals surface area contributed by atoms with E-state index in [4.69, 9.17) is 10.00 Å². The normalized spacial score (nSPS) is 9.83. The van der Waals surface area contributed by atoms with Gasteiger partial charge in [0.25, 0.3) is 5.56 Å². The Bertz CT molecular complexity index is 693. The van der Waals surface area contributed by atoms with E-state index in [0.29, 0.717) is 0 Å². The van der Waals surface area contributed by atoms with Crippen LogP contribution in [0.25, 0.3) is 0 Å². The molecule has 7 heteroatoms. The molecular formula is C11H5BrFN3O2. The molecule has 0 bridgehead atoms. The van der Waals surface area contributed by atoms with Crippen molar-refractivity contribution in [3.63, 3.8) is 0 Å². The third kappa shape index (κ3) is 2.38. The van der Waals surface area contributed by atoms with E-state index in [1.165, 1.54) is 18.5 Å². The monoisotopic (exact) mass is 309 g/mol. The largest absolute Gasteiger partial charge is 0.437 e. The lowest BCUT2D eigenvalue weighted by atomic mass is 10.2. The number of H-pyrrole nitrogens is 1. The topological polar surface area (TPSA) is 78.8 Å². The molecule has 0 spiro atoms. The SMILES string of the molecule is N#Cc1ccc(Oc2nc[nH]c(=O)c2Br)cc1F. The second-order valence-corrected chi connectivity index (χ2v) is 4.00. The molecule has 0 atom stereocenters. The molecule has 0 aliphatic carbocycles. The van der Waals surface area contributed by atoms with E-state index < -0.39 is 11.4 Å². The molecule has 1 heterocycles. The van der Waals surface area contributed by atoms with Gasteiger partial charge in [0.1, 0.15) is 22.1 Å². The lowest BCUT2D eigenvalue weighted by molar-refractivity contribution is 0.452. The van der Waals surface area contributed by atoms with E-state index in [9.17, 15) is 9.18 Å². The van der Waals surface area contributed by atoms with E-state index in [1.54, 1.807) is 6.07 Å². The van der Waals surface area contributed by atoms with Crippen molar-refractivity contribution in [2.75, 3.05) is 0 Å². The van der Waals surface area contributed by atoms with Crippen molar-refractivity contribution in [1.82, 2.24) is 9.97 Å². The number of nitrogens with one attached hydrogen (secondary N) is 1. The Hall–Kier alpha value is -2.20. The number of aromatic amines is 1. The van der Waals surface area contributed by atoms with Gasteiger partial charge in [-0.3, -0.25) is 4.79 Å². The van der Waals surface area contributed by atoms with Crippen LogP contribution in [0.15, 0.2) is 33.8 Å². The van der Waals surface area contributed by atoms with Crippen LogP contribution in [-0.4, -0.2) is 9.97 Å². The molecule has 0 saturated heterocycles. The Labute approximate surface area is 109 Å². The third-order valence-electron chi connectivity index (χ3n) is 2.04. The summed E-state index contributed by atoms with van der Waals surface area (Å²) in [6.07, 6.45) is 1.17. The van der Waals surface area contributed by atoms with Crippen LogP contribution in [-0.2, 0) is 0 Å². The number of ether oxygens (including phenoxy) is 1. The highest BCUT2D eigenvalue weighted by Crippen LogP contribution is 2.25. The van der Waals surface area contributed by atoms with Crippen molar-refractivity contribution in [2.45, 2.75) is 0 Å². The molecule has 18 heavy (non-hydrogen) atoms. The van der Waals surface area contributed by atoms with E-state index in [-0.39, 0.29) is 21.7 Å². The standard InChI is InChI=1S/C11H5BrFN3O2/c12-9-10(17)15-5-16-11(9)18-7-2-1-6(4-14)8(13)3-7/h1-3,5H,(H,15,16,17). The second-order valence-electron chi connectivity index (χ2n) is 3.21. The van der Waals surface area contributed by atoms with E-state index in [0.717, 1.165) is 6.07 Å². The molecule has 2 rings (SSSR count). The minimum absolute atomic E-state index is 0.0165. The molecule has 2 aromatic rings. The summed E-state index contributed by atoms with van der Waals surface area (Å²) in [7, 11) is 0. The highest BCUT2D eigenvalue weighted by molar-refractivity contribution is 9.10. The summed E-state index contributed by atoms with van der Waals surface area (Å²) in [5.41, 5.74) is -0.491. The number of hydrogen-bond acceptors (Lipinski definition) is 4. The first kappa shape index (κ1) is 12.3. The summed E-state index contributed by atoms with van der Waals surface area (Å²) in [5.74, 6) is -0.538. The van der Waals surface area contributed by atoms with Crippen LogP contribution in [0.2, 0.25) is 0 Å². The summed E-state index contributed by atoms with van der Waals surface area (Å²) in [6.45, 7) is 0. The lowest BCUT2D eigenvalue weighted by Gasteiger charge is -2.05. The molecule has 0 aliphatic heterocycles. The van der Waals surface area contributed by atoms with Gasteiger partial charge in [-0.2, -0.15) is 5.26 Å². The fourth-order valence-corrected chi connectivity index (χ4v) is 1.50. The minimum atomic E-state index is -0.698. The first-order valence-corrected chi connectivity index (χ1v) is 5.52. The first-order chi connectivity index (χ1) is 8.61. The van der Waals surface area contributed by atoms with E-state index in [1.807, 2.05) is 0 Å². The Morgan fingerprint density at radius 2 is 2.28 bits per heavy atom. The van der Waals surface area contributed by atoms with Gasteiger partial charge >= 0.3 is 0 Å². The zero-order valence-electron chi connectivity index (χ0n) is 8.78. The van der Waals surface area contributed by atoms with Crippen molar-refractivity contribution in [1.29, 1.82) is 5.26 Å². The van der Waals surface area contributed by atoms with Gasteiger partial charge in [-0.05, 0) is 28.1 Å². The lowest BCUT2D eigenvalue weighted by Crippen LogP contribution is -2.08. The second kappa shape index (κ2) is 4.98. The predicted molar refractivity (Wildman–Crippen MR) is 63.7 cm³/mol. The molecule has 90 valence electrons. The molecule has 0 fully saturated rings. The number of halogens is 2. The first-order valence-electron chi connectivity index (χ1n) is 4.72. The Balaban J connectivity index is 2.35. The average molecular weight is 310 g/mol. The zero-order valence-corrected chi connectivity index (χ0v) is 10.4. The third-order valence-corrected chi connectivity index (χ3v) is 2.74. The number of aromatic nitrogens is 2. The summed E-state index contributed by atoms with van der Waals surface area (Å²) in [6, 6.07) is 5.44. The van der Waals surface area contributed by atoms with Crippen LogP contribution in [0.1, 0.15) is 5.56 Å². The van der Waals surface area contributed by atoms with Crippen molar-refractivity contribution in [2.24, 2.45) is 0 Å². The fraction of sp³-hybridized carbons (Fsp3) is 0. The number of hydrogen-bond donors (Lipinski definition) is 1. The van der Waals surface area contributed by atoms with Gasteiger partial charge in [0.15, 0.2) is 0 Å². The molecule has 1 aromatic carbocycles. The van der Waals surface area contributed by atoms with E-state index in [2.05, 4.69) is 25.9 Å². The van der Waals surface area contributed by atoms with Gasteiger partial charge in [0.2, 0.25) is 5.88 Å². The van der Waals surface area contributed by atoms with Gasteiger partial charge in [-0.15, -0.1) is 0 Å². The van der Waals surface area contributed by atoms with Gasteiger partial charge in [0, 0.05) is 6.07 Å². The maximum Gasteiger partial charge on any atom is 0.268 e. The number of nitriles is 1. The van der Waals surface area contributed by atoms with Crippen molar-refractivity contribution < 1.29 is 9.13 Å². The van der Waals surface area contributed by atoms with Crippen LogP contribution in [0, 0.1) is 17.1 Å². The molecule has 1 N–H and O–H groups in total. The maximum absolute atomic E-state index is 13.3. The number of rotatable bonds is 2. The summed E-state index contributed by atoms with van der Waals surface area (Å²) in [5, 5.41) is 8.58. The smallest absolute Gasteiger partial charge is 0.268 e. The van der Waals surface area contributed by atoms with Crippen LogP contribution < -0.4 is 10.3 Å². The molecular weight excluding hydrogens is 305 g/mol. The van der Waals surface area contributed by atoms with Gasteiger partial charge < -0.3 is 9.72 Å². The highest BCUT2D eigenvalue weighted by Gasteiger charge is 2.09. The Kier molecular flexibility index (Phi) is 3.39. The molecule has 0 aliphatic rings. The number of benzene rings is 1. The molecule has 0 radical (unpaired) electrons. The maximum atomic E-state index is 13.3. The summed E-state index contributed by atoms with van der Waals surface area (Å²) < 4.78 is 18.7. The fourth-order valence-electron chi connectivity index (χ4n) is 1.20. The average Bonchev–Trinajstić information content (AvgIpc) is 2.35. The van der Waals surface area contributed by atoms with Gasteiger partial charge in [0.05, 0.1) is 11.9 Å². The predicted octanol–water partition coefficient (Wildman–Crippen LogP) is 2.34. The molecule has 5 nitrogen and oxygen atoms in total. The van der Waals surface area contributed by atoms with Crippen LogP contribution in [0.5, 0.6) is 11.6 Å². The van der Waals surface area contributed by atoms with Gasteiger partial charge in [-0.1, -0.05) is 0 Å². The van der Waals surface area contributed by atoms with Crippen LogP contribution in [0.4, 0.5) is 4.39 Å². The summed E-state index contributed by atoms with van der Waals surface area (Å²) >= 11 is 3.01. The molecule has 1 aromatic heterocycles.